The summed E-state index contributed by atoms with van der Waals surface area (Å²) >= 11 is 17.7. The Kier molecular flexibility index (Phi) is 4.67. The van der Waals surface area contributed by atoms with Crippen LogP contribution in [0.3, 0.4) is 0 Å². The third kappa shape index (κ3) is 3.44. The van der Waals surface area contributed by atoms with Crippen LogP contribution in [-0.4, -0.2) is 11.2 Å². The Morgan fingerprint density at radius 3 is 2.24 bits per heavy atom. The van der Waals surface area contributed by atoms with E-state index >= 15 is 0 Å². The molecule has 2 rings (SSSR count). The number of rotatable bonds is 4. The van der Waals surface area contributed by atoms with Gasteiger partial charge in [0, 0.05) is 23.2 Å². The number of carbonyl (C=O) groups is 1. The average Bonchev–Trinajstić information content (AvgIpc) is 2.42. The second-order valence-corrected chi connectivity index (χ2v) is 5.15. The van der Waals surface area contributed by atoms with Crippen LogP contribution in [0.1, 0.15) is 10.4 Å². The Bertz CT molecular complexity index is 710. The molecule has 0 aliphatic heterocycles. The quantitative estimate of drug-likeness (QED) is 0.435. The second kappa shape index (κ2) is 6.30. The molecule has 0 radical (unpaired) electrons. The number of ether oxygens (including phenoxy) is 1. The lowest BCUT2D eigenvalue weighted by Crippen LogP contribution is -1.94. The predicted octanol–water partition coefficient (Wildman–Crippen LogP) is 5.16. The molecule has 0 atom stereocenters. The van der Waals surface area contributed by atoms with Gasteiger partial charge in [0.05, 0.1) is 20.5 Å². The van der Waals surface area contributed by atoms with Crippen LogP contribution in [-0.2, 0) is 0 Å². The highest BCUT2D eigenvalue weighted by atomic mass is 35.5. The van der Waals surface area contributed by atoms with Gasteiger partial charge < -0.3 is 4.74 Å². The topological polar surface area (TPSA) is 69.4 Å². The van der Waals surface area contributed by atoms with Gasteiger partial charge in [0.15, 0.2) is 12.0 Å². The molecule has 21 heavy (non-hydrogen) atoms. The highest BCUT2D eigenvalue weighted by Gasteiger charge is 2.17. The normalized spacial score (nSPS) is 10.2. The maximum absolute atomic E-state index is 11.0. The van der Waals surface area contributed by atoms with Gasteiger partial charge in [-0.1, -0.05) is 34.8 Å². The standard InChI is InChI=1S/C13H6Cl3NO4/c14-8-2-1-7(6-18)12(3-8)21-13-10(15)4-9(17(19)20)5-11(13)16/h1-6H. The minimum Gasteiger partial charge on any atom is -0.453 e. The zero-order valence-corrected chi connectivity index (χ0v) is 12.4. The Morgan fingerprint density at radius 1 is 1.10 bits per heavy atom. The fraction of sp³-hybridized carbons (Fsp3) is 0. The largest absolute Gasteiger partial charge is 0.453 e. The average molecular weight is 347 g/mol. The van der Waals surface area contributed by atoms with E-state index in [4.69, 9.17) is 39.5 Å². The number of carbonyl (C=O) groups excluding carboxylic acids is 1. The van der Waals surface area contributed by atoms with Gasteiger partial charge in [-0.3, -0.25) is 14.9 Å². The lowest BCUT2D eigenvalue weighted by atomic mass is 10.2. The van der Waals surface area contributed by atoms with Crippen molar-refractivity contribution in [3.05, 3.63) is 61.1 Å². The van der Waals surface area contributed by atoms with Crippen LogP contribution in [0.4, 0.5) is 5.69 Å². The van der Waals surface area contributed by atoms with Gasteiger partial charge in [-0.05, 0) is 12.1 Å². The predicted molar refractivity (Wildman–Crippen MR) is 80.0 cm³/mol. The molecule has 2 aromatic rings. The molecule has 5 nitrogen and oxygen atoms in total. The molecule has 0 saturated heterocycles. The van der Waals surface area contributed by atoms with Gasteiger partial charge >= 0.3 is 0 Å². The Morgan fingerprint density at radius 2 is 1.71 bits per heavy atom. The minimum atomic E-state index is -0.627. The van der Waals surface area contributed by atoms with Crippen molar-refractivity contribution in [2.24, 2.45) is 0 Å². The molecule has 0 bridgehead atoms. The summed E-state index contributed by atoms with van der Waals surface area (Å²) in [6.07, 6.45) is 0.582. The molecule has 8 heteroatoms. The third-order valence-electron chi connectivity index (χ3n) is 2.51. The molecule has 0 spiro atoms. The van der Waals surface area contributed by atoms with Crippen molar-refractivity contribution >= 4 is 46.8 Å². The monoisotopic (exact) mass is 345 g/mol. The van der Waals surface area contributed by atoms with Gasteiger partial charge in [-0.25, -0.2) is 0 Å². The van der Waals surface area contributed by atoms with Crippen LogP contribution in [0.2, 0.25) is 15.1 Å². The maximum Gasteiger partial charge on any atom is 0.272 e. The zero-order valence-electron chi connectivity index (χ0n) is 10.2. The number of hydrogen-bond donors (Lipinski definition) is 0. The van der Waals surface area contributed by atoms with Gasteiger partial charge in [0.1, 0.15) is 5.75 Å². The van der Waals surface area contributed by atoms with Gasteiger partial charge in [-0.2, -0.15) is 0 Å². The number of hydrogen-bond acceptors (Lipinski definition) is 4. The lowest BCUT2D eigenvalue weighted by Gasteiger charge is -2.11. The van der Waals surface area contributed by atoms with E-state index in [9.17, 15) is 14.9 Å². The summed E-state index contributed by atoms with van der Waals surface area (Å²) in [5.41, 5.74) is -0.0241. The van der Waals surface area contributed by atoms with Gasteiger partial charge in [0.2, 0.25) is 0 Å². The maximum atomic E-state index is 11.0. The van der Waals surface area contributed by atoms with Crippen molar-refractivity contribution in [2.75, 3.05) is 0 Å². The van der Waals surface area contributed by atoms with Crippen molar-refractivity contribution in [1.29, 1.82) is 0 Å². The first kappa shape index (κ1) is 15.6. The molecule has 0 fully saturated rings. The number of non-ortho nitro benzene ring substituents is 1. The SMILES string of the molecule is O=Cc1ccc(Cl)cc1Oc1c(Cl)cc([N+](=O)[O-])cc1Cl. The van der Waals surface area contributed by atoms with Gasteiger partial charge in [0.25, 0.3) is 5.69 Å². The van der Waals surface area contributed by atoms with Crippen molar-refractivity contribution in [1.82, 2.24) is 0 Å². The van der Waals surface area contributed by atoms with Crippen LogP contribution in [0, 0.1) is 10.1 Å². The van der Waals surface area contributed by atoms with Crippen molar-refractivity contribution in [3.8, 4) is 11.5 Å². The molecule has 0 aliphatic rings. The van der Waals surface area contributed by atoms with Gasteiger partial charge in [-0.15, -0.1) is 0 Å². The van der Waals surface area contributed by atoms with Crippen LogP contribution >= 0.6 is 34.8 Å². The van der Waals surface area contributed by atoms with E-state index < -0.39 is 4.92 Å². The first-order valence-corrected chi connectivity index (χ1v) is 6.61. The Labute approximate surface area is 134 Å². The number of nitro groups is 1. The van der Waals surface area contributed by atoms with Crippen LogP contribution in [0.5, 0.6) is 11.5 Å². The smallest absolute Gasteiger partial charge is 0.272 e. The number of aldehydes is 1. The molecule has 0 heterocycles. The summed E-state index contributed by atoms with van der Waals surface area (Å²) in [6.45, 7) is 0. The summed E-state index contributed by atoms with van der Waals surface area (Å²) in [6, 6.07) is 6.62. The van der Waals surface area contributed by atoms with E-state index in [1.54, 1.807) is 0 Å². The van der Waals surface area contributed by atoms with E-state index in [1.807, 2.05) is 0 Å². The number of halogens is 3. The number of benzene rings is 2. The summed E-state index contributed by atoms with van der Waals surface area (Å²) in [5, 5.41) is 11.0. The van der Waals surface area contributed by atoms with Crippen molar-refractivity contribution in [3.63, 3.8) is 0 Å². The fourth-order valence-corrected chi connectivity index (χ4v) is 2.27. The van der Waals surface area contributed by atoms with E-state index in [2.05, 4.69) is 0 Å². The zero-order chi connectivity index (χ0) is 15.6. The number of nitrogens with zero attached hydrogens (tertiary/aromatic N) is 1. The number of nitro benzene ring substituents is 1. The summed E-state index contributed by atoms with van der Waals surface area (Å²) in [7, 11) is 0. The van der Waals surface area contributed by atoms with Crippen LogP contribution in [0.15, 0.2) is 30.3 Å². The molecule has 108 valence electrons. The Balaban J connectivity index is 2.47. The molecule has 0 N–H and O–H groups in total. The van der Waals surface area contributed by atoms with E-state index in [0.717, 1.165) is 12.1 Å². The highest BCUT2D eigenvalue weighted by molar-refractivity contribution is 6.37. The van der Waals surface area contributed by atoms with Crippen molar-refractivity contribution in [2.45, 2.75) is 0 Å². The fourth-order valence-electron chi connectivity index (χ4n) is 1.55. The minimum absolute atomic E-state index is 0.00861. The Hall–Kier alpha value is -1.82. The van der Waals surface area contributed by atoms with Crippen LogP contribution in [0.25, 0.3) is 0 Å². The molecular formula is C13H6Cl3NO4. The molecule has 0 aromatic heterocycles. The summed E-state index contributed by atoms with van der Waals surface area (Å²) in [5.74, 6) is 0.157. The second-order valence-electron chi connectivity index (χ2n) is 3.90. The van der Waals surface area contributed by atoms with E-state index in [1.165, 1.54) is 18.2 Å². The molecular weight excluding hydrogens is 341 g/mol. The third-order valence-corrected chi connectivity index (χ3v) is 3.31. The van der Waals surface area contributed by atoms with Crippen molar-refractivity contribution < 1.29 is 14.5 Å². The first-order valence-electron chi connectivity index (χ1n) is 5.48. The molecule has 0 saturated carbocycles. The van der Waals surface area contributed by atoms with E-state index in [-0.39, 0.29) is 32.8 Å². The lowest BCUT2D eigenvalue weighted by molar-refractivity contribution is -0.384. The van der Waals surface area contributed by atoms with E-state index in [0.29, 0.717) is 11.3 Å². The highest BCUT2D eigenvalue weighted by Crippen LogP contribution is 2.40. The van der Waals surface area contributed by atoms with Crippen LogP contribution < -0.4 is 4.74 Å². The molecule has 0 amide bonds. The molecule has 2 aromatic carbocycles. The first-order chi connectivity index (χ1) is 9.92. The summed E-state index contributed by atoms with van der Waals surface area (Å²) < 4.78 is 5.48. The molecule has 0 aliphatic carbocycles. The molecule has 0 unspecified atom stereocenters. The summed E-state index contributed by atoms with van der Waals surface area (Å²) in [4.78, 5) is 21.0.